The van der Waals surface area contributed by atoms with Crippen LogP contribution in [-0.4, -0.2) is 20.8 Å². The molecule has 0 radical (unpaired) electrons. The van der Waals surface area contributed by atoms with Crippen LogP contribution in [-0.2, 0) is 10.0 Å². The molecule has 0 aliphatic carbocycles. The van der Waals surface area contributed by atoms with E-state index in [1.165, 1.54) is 0 Å². The number of hydrogen-bond acceptors (Lipinski definition) is 3. The van der Waals surface area contributed by atoms with Gasteiger partial charge in [0.25, 0.3) is 0 Å². The monoisotopic (exact) mass is 363 g/mol. The molecular weight excluding hydrogens is 342 g/mol. The molecule has 0 aliphatic heterocycles. The van der Waals surface area contributed by atoms with Gasteiger partial charge < -0.3 is 4.74 Å². The van der Waals surface area contributed by atoms with Crippen LogP contribution in [0.4, 0.5) is 0 Å². The lowest BCUT2D eigenvalue weighted by Crippen LogP contribution is -2.35. The summed E-state index contributed by atoms with van der Waals surface area (Å²) in [6.07, 6.45) is 0. The van der Waals surface area contributed by atoms with E-state index in [0.29, 0.717) is 6.61 Å². The summed E-state index contributed by atoms with van der Waals surface area (Å²) in [6, 6.07) is 5.73. The normalized spacial score (nSPS) is 14.1. The van der Waals surface area contributed by atoms with Gasteiger partial charge in [-0.2, -0.15) is 0 Å². The number of primary sulfonamides is 1. The summed E-state index contributed by atoms with van der Waals surface area (Å²) in [6.45, 7) is 8.23. The molecule has 114 valence electrons. The van der Waals surface area contributed by atoms with Crippen LogP contribution >= 0.6 is 15.9 Å². The molecule has 0 bridgehead atoms. The Balaban J connectivity index is 2.81. The van der Waals surface area contributed by atoms with Crippen molar-refractivity contribution in [2.24, 2.45) is 16.5 Å². The van der Waals surface area contributed by atoms with Crippen molar-refractivity contribution in [1.29, 1.82) is 0 Å². The number of rotatable bonds is 5. The maximum atomic E-state index is 11.3. The first-order chi connectivity index (χ1) is 8.99. The van der Waals surface area contributed by atoms with E-state index in [2.05, 4.69) is 15.9 Å². The highest BCUT2D eigenvalue weighted by atomic mass is 79.9. The maximum absolute atomic E-state index is 11.3. The highest BCUT2D eigenvalue weighted by Crippen LogP contribution is 2.29. The molecule has 4 nitrogen and oxygen atoms in total. The van der Waals surface area contributed by atoms with Crippen LogP contribution in [0, 0.1) is 18.3 Å². The molecule has 6 heteroatoms. The summed E-state index contributed by atoms with van der Waals surface area (Å²) >= 11 is 3.40. The van der Waals surface area contributed by atoms with Crippen molar-refractivity contribution >= 4 is 26.0 Å². The third kappa shape index (κ3) is 5.81. The first-order valence-electron chi connectivity index (χ1n) is 6.38. The van der Waals surface area contributed by atoms with Crippen LogP contribution in [0.1, 0.15) is 26.3 Å². The molecule has 1 aromatic carbocycles. The summed E-state index contributed by atoms with van der Waals surface area (Å²) in [4.78, 5) is 0. The number of aryl methyl sites for hydroxylation is 1. The topological polar surface area (TPSA) is 69.4 Å². The zero-order valence-corrected chi connectivity index (χ0v) is 14.7. The third-order valence-electron chi connectivity index (χ3n) is 3.24. The number of benzene rings is 1. The van der Waals surface area contributed by atoms with Crippen molar-refractivity contribution < 1.29 is 13.2 Å². The Bertz CT molecular complexity index is 564. The number of ether oxygens (including phenoxy) is 1. The van der Waals surface area contributed by atoms with Gasteiger partial charge in [-0.3, -0.25) is 0 Å². The fraction of sp³-hybridized carbons (Fsp3) is 0.571. The summed E-state index contributed by atoms with van der Waals surface area (Å²) in [5.74, 6) is 0.518. The minimum Gasteiger partial charge on any atom is -0.493 e. The quantitative estimate of drug-likeness (QED) is 0.873. The number of nitrogens with two attached hydrogens (primary N) is 1. The van der Waals surface area contributed by atoms with Crippen molar-refractivity contribution in [3.8, 4) is 5.75 Å². The average Bonchev–Trinajstić information content (AvgIpc) is 2.23. The molecule has 2 N–H and O–H groups in total. The van der Waals surface area contributed by atoms with Gasteiger partial charge in [-0.15, -0.1) is 0 Å². The molecule has 0 amide bonds. The summed E-state index contributed by atoms with van der Waals surface area (Å²) in [5.41, 5.74) is 0.804. The highest BCUT2D eigenvalue weighted by Gasteiger charge is 2.29. The lowest BCUT2D eigenvalue weighted by atomic mass is 9.82. The second-order valence-corrected chi connectivity index (χ2v) is 8.69. The Labute approximate surface area is 129 Å². The Hall–Kier alpha value is -0.590. The van der Waals surface area contributed by atoms with Gasteiger partial charge in [-0.05, 0) is 36.1 Å². The Morgan fingerprint density at radius 3 is 2.40 bits per heavy atom. The van der Waals surface area contributed by atoms with Crippen molar-refractivity contribution in [2.45, 2.75) is 27.7 Å². The van der Waals surface area contributed by atoms with Crippen molar-refractivity contribution in [2.75, 3.05) is 12.4 Å². The molecule has 1 atom stereocenters. The van der Waals surface area contributed by atoms with Crippen LogP contribution in [0.25, 0.3) is 0 Å². The van der Waals surface area contributed by atoms with Crippen LogP contribution in [0.15, 0.2) is 22.7 Å². The average molecular weight is 364 g/mol. The molecule has 0 heterocycles. The van der Waals surface area contributed by atoms with Crippen LogP contribution < -0.4 is 9.88 Å². The molecule has 1 aromatic rings. The maximum Gasteiger partial charge on any atom is 0.209 e. The summed E-state index contributed by atoms with van der Waals surface area (Å²) in [5, 5.41) is 5.16. The van der Waals surface area contributed by atoms with Crippen LogP contribution in [0.3, 0.4) is 0 Å². The van der Waals surface area contributed by atoms with E-state index in [9.17, 15) is 8.42 Å². The molecule has 0 aromatic heterocycles. The van der Waals surface area contributed by atoms with E-state index < -0.39 is 10.0 Å². The van der Waals surface area contributed by atoms with Crippen LogP contribution in [0.5, 0.6) is 5.75 Å². The molecular formula is C14H22BrNO3S. The molecule has 20 heavy (non-hydrogen) atoms. The Kier molecular flexibility index (Phi) is 5.63. The van der Waals surface area contributed by atoms with Crippen molar-refractivity contribution in [1.82, 2.24) is 0 Å². The molecule has 1 unspecified atom stereocenters. The summed E-state index contributed by atoms with van der Waals surface area (Å²) < 4.78 is 29.4. The zero-order valence-electron chi connectivity index (χ0n) is 12.3. The smallest absolute Gasteiger partial charge is 0.209 e. The van der Waals surface area contributed by atoms with Gasteiger partial charge in [0.1, 0.15) is 5.75 Å². The lowest BCUT2D eigenvalue weighted by Gasteiger charge is -2.30. The Morgan fingerprint density at radius 2 is 1.95 bits per heavy atom. The first kappa shape index (κ1) is 17.5. The van der Waals surface area contributed by atoms with Crippen molar-refractivity contribution in [3.63, 3.8) is 0 Å². The van der Waals surface area contributed by atoms with Gasteiger partial charge in [-0.1, -0.05) is 36.7 Å². The van der Waals surface area contributed by atoms with E-state index in [4.69, 9.17) is 9.88 Å². The SMILES string of the molecule is Cc1cc(Br)ccc1OCC(CS(N)(=O)=O)C(C)(C)C. The molecule has 0 saturated carbocycles. The van der Waals surface area contributed by atoms with Crippen molar-refractivity contribution in [3.05, 3.63) is 28.2 Å². The van der Waals surface area contributed by atoms with Gasteiger partial charge in [0.2, 0.25) is 10.0 Å². The molecule has 0 saturated heterocycles. The first-order valence-corrected chi connectivity index (χ1v) is 8.89. The molecule has 1 rings (SSSR count). The third-order valence-corrected chi connectivity index (χ3v) is 4.60. The van der Waals surface area contributed by atoms with E-state index >= 15 is 0 Å². The number of hydrogen-bond donors (Lipinski definition) is 1. The number of sulfonamides is 1. The lowest BCUT2D eigenvalue weighted by molar-refractivity contribution is 0.162. The molecule has 0 spiro atoms. The van der Waals surface area contributed by atoms with Gasteiger partial charge in [0.05, 0.1) is 12.4 Å². The van der Waals surface area contributed by atoms with Gasteiger partial charge in [-0.25, -0.2) is 13.6 Å². The minimum absolute atomic E-state index is 0.0773. The largest absolute Gasteiger partial charge is 0.493 e. The second-order valence-electron chi connectivity index (χ2n) is 6.11. The highest BCUT2D eigenvalue weighted by molar-refractivity contribution is 9.10. The zero-order chi connectivity index (χ0) is 15.6. The van der Waals surface area contributed by atoms with Gasteiger partial charge in [0.15, 0.2) is 0 Å². The minimum atomic E-state index is -3.52. The van der Waals surface area contributed by atoms with E-state index in [1.807, 2.05) is 45.9 Å². The standard InChI is InChI=1S/C14H22BrNO3S/c1-10-7-12(15)5-6-13(10)19-8-11(14(2,3)4)9-20(16,17)18/h5-7,11H,8-9H2,1-4H3,(H2,16,17,18). The summed E-state index contributed by atoms with van der Waals surface area (Å²) in [7, 11) is -3.52. The predicted octanol–water partition coefficient (Wildman–Crippen LogP) is 3.09. The van der Waals surface area contributed by atoms with Gasteiger partial charge in [0, 0.05) is 10.4 Å². The van der Waals surface area contributed by atoms with E-state index in [0.717, 1.165) is 15.8 Å². The Morgan fingerprint density at radius 1 is 1.35 bits per heavy atom. The molecule has 0 fully saturated rings. The van der Waals surface area contributed by atoms with E-state index in [1.54, 1.807) is 0 Å². The second kappa shape index (κ2) is 6.45. The number of halogens is 1. The fourth-order valence-electron chi connectivity index (χ4n) is 1.79. The predicted molar refractivity (Wildman–Crippen MR) is 85.3 cm³/mol. The van der Waals surface area contributed by atoms with E-state index in [-0.39, 0.29) is 17.1 Å². The van der Waals surface area contributed by atoms with Gasteiger partial charge >= 0.3 is 0 Å². The van der Waals surface area contributed by atoms with Crippen LogP contribution in [0.2, 0.25) is 0 Å². The fourth-order valence-corrected chi connectivity index (χ4v) is 3.43. The molecule has 0 aliphatic rings.